The fourth-order valence-electron chi connectivity index (χ4n) is 1.37. The molecular formula is C15H24LiNO. The van der Waals surface area contributed by atoms with Crippen molar-refractivity contribution < 1.29 is 23.6 Å². The Morgan fingerprint density at radius 2 is 1.61 bits per heavy atom. The third-order valence-electron chi connectivity index (χ3n) is 2.32. The van der Waals surface area contributed by atoms with Crippen LogP contribution in [0.4, 0.5) is 5.69 Å². The molecule has 0 unspecified atom stereocenters. The summed E-state index contributed by atoms with van der Waals surface area (Å²) >= 11 is 0. The summed E-state index contributed by atoms with van der Waals surface area (Å²) in [5, 5.41) is 4.48. The average Bonchev–Trinajstić information content (AvgIpc) is 2.85. The zero-order chi connectivity index (χ0) is 12.6. The number of rotatable bonds is 2. The molecule has 2 nitrogen and oxygen atoms in total. The summed E-state index contributed by atoms with van der Waals surface area (Å²) in [4.78, 5) is 0. The third kappa shape index (κ3) is 9.59. The first-order valence-electron chi connectivity index (χ1n) is 6.38. The molecule has 1 aliphatic heterocycles. The van der Waals surface area contributed by atoms with Crippen LogP contribution >= 0.6 is 0 Å². The zero-order valence-electron chi connectivity index (χ0n) is 12.3. The number of para-hydroxylation sites is 1. The van der Waals surface area contributed by atoms with Crippen molar-refractivity contribution in [2.24, 2.45) is 5.41 Å². The predicted molar refractivity (Wildman–Crippen MR) is 73.8 cm³/mol. The number of ether oxygens (including phenoxy) is 1. The molecular weight excluding hydrogens is 217 g/mol. The Balaban J connectivity index is 0.000000405. The maximum Gasteiger partial charge on any atom is 1.00 e. The molecule has 3 heteroatoms. The van der Waals surface area contributed by atoms with E-state index in [0.29, 0.717) is 0 Å². The van der Waals surface area contributed by atoms with Gasteiger partial charge in [0.25, 0.3) is 0 Å². The van der Waals surface area contributed by atoms with Gasteiger partial charge in [-0.15, -0.1) is 12.2 Å². The van der Waals surface area contributed by atoms with Crippen molar-refractivity contribution in [3.05, 3.63) is 35.6 Å². The van der Waals surface area contributed by atoms with Gasteiger partial charge in [0.05, 0.1) is 0 Å². The maximum atomic E-state index is 4.94. The van der Waals surface area contributed by atoms with E-state index in [1.165, 1.54) is 12.8 Å². The van der Waals surface area contributed by atoms with Crippen molar-refractivity contribution in [1.82, 2.24) is 0 Å². The summed E-state index contributed by atoms with van der Waals surface area (Å²) in [6.45, 7) is 9.47. The van der Waals surface area contributed by atoms with Crippen LogP contribution < -0.4 is 18.9 Å². The molecule has 0 radical (unpaired) electrons. The van der Waals surface area contributed by atoms with Gasteiger partial charge in [0.2, 0.25) is 0 Å². The number of benzene rings is 1. The monoisotopic (exact) mass is 241 g/mol. The van der Waals surface area contributed by atoms with Crippen LogP contribution in [0.15, 0.2) is 30.3 Å². The summed E-state index contributed by atoms with van der Waals surface area (Å²) in [6, 6.07) is 10.1. The molecule has 1 aromatic rings. The van der Waals surface area contributed by atoms with Gasteiger partial charge in [-0.25, -0.2) is 0 Å². The van der Waals surface area contributed by atoms with E-state index in [0.717, 1.165) is 25.4 Å². The van der Waals surface area contributed by atoms with Crippen molar-refractivity contribution in [3.63, 3.8) is 0 Å². The van der Waals surface area contributed by atoms with Crippen molar-refractivity contribution in [1.29, 1.82) is 0 Å². The van der Waals surface area contributed by atoms with E-state index < -0.39 is 0 Å². The molecule has 1 fully saturated rings. The molecule has 18 heavy (non-hydrogen) atoms. The summed E-state index contributed by atoms with van der Waals surface area (Å²) in [5.41, 5.74) is 1.36. The first-order valence-corrected chi connectivity index (χ1v) is 6.38. The minimum absolute atomic E-state index is 0. The van der Waals surface area contributed by atoms with E-state index in [2.05, 4.69) is 26.1 Å². The van der Waals surface area contributed by atoms with Crippen LogP contribution in [0.25, 0.3) is 5.32 Å². The normalized spacial score (nSPS) is 14.2. The number of hydrogen-bond acceptors (Lipinski definition) is 1. The molecule has 0 saturated carbocycles. The molecule has 0 spiro atoms. The Labute approximate surface area is 124 Å². The Hall–Kier alpha value is -0.423. The van der Waals surface area contributed by atoms with Gasteiger partial charge < -0.3 is 10.1 Å². The topological polar surface area (TPSA) is 23.3 Å². The zero-order valence-corrected chi connectivity index (χ0v) is 12.3. The van der Waals surface area contributed by atoms with Crippen molar-refractivity contribution in [3.8, 4) is 0 Å². The Bertz CT molecular complexity index is 284. The standard InChI is InChI=1S/C11H16N.C4H8O.Li/c1-11(2,3)9-12-10-7-5-4-6-8-10;1-2-4-5-3-1;/h4-8H,9H2,1-3H3;1-4H2;/q-1;;+1. The first-order chi connectivity index (χ1) is 8.08. The van der Waals surface area contributed by atoms with Crippen LogP contribution in [-0.2, 0) is 4.74 Å². The van der Waals surface area contributed by atoms with E-state index in [1.54, 1.807) is 0 Å². The van der Waals surface area contributed by atoms with Crippen LogP contribution in [0, 0.1) is 5.41 Å². The molecule has 0 N–H and O–H groups in total. The summed E-state index contributed by atoms with van der Waals surface area (Å²) in [6.07, 6.45) is 2.56. The largest absolute Gasteiger partial charge is 1.00 e. The van der Waals surface area contributed by atoms with Crippen LogP contribution in [0.2, 0.25) is 0 Å². The smallest absolute Gasteiger partial charge is 0.684 e. The van der Waals surface area contributed by atoms with Gasteiger partial charge in [-0.1, -0.05) is 56.5 Å². The minimum atomic E-state index is 0. The Morgan fingerprint density at radius 1 is 1.06 bits per heavy atom. The van der Waals surface area contributed by atoms with Crippen molar-refractivity contribution >= 4 is 5.69 Å². The SMILES string of the molecule is C1CCOC1.CC(C)(C)C[N-]c1ccccc1.[Li+]. The number of hydrogen-bond donors (Lipinski definition) is 0. The molecule has 1 heterocycles. The van der Waals surface area contributed by atoms with Gasteiger partial charge >= 0.3 is 18.9 Å². The molecule has 1 saturated heterocycles. The fourth-order valence-corrected chi connectivity index (χ4v) is 1.37. The van der Waals surface area contributed by atoms with Gasteiger partial charge in [-0.2, -0.15) is 0 Å². The third-order valence-corrected chi connectivity index (χ3v) is 2.32. The summed E-state index contributed by atoms with van der Waals surface area (Å²) in [7, 11) is 0. The van der Waals surface area contributed by atoms with E-state index in [4.69, 9.17) is 4.74 Å². The second-order valence-electron chi connectivity index (χ2n) is 5.53. The molecule has 0 amide bonds. The van der Waals surface area contributed by atoms with Crippen molar-refractivity contribution in [2.45, 2.75) is 33.6 Å². The molecule has 0 bridgehead atoms. The molecule has 2 rings (SSSR count). The molecule has 1 aliphatic rings. The Morgan fingerprint density at radius 3 is 2.00 bits per heavy atom. The average molecular weight is 241 g/mol. The van der Waals surface area contributed by atoms with Crippen molar-refractivity contribution in [2.75, 3.05) is 19.8 Å². The first kappa shape index (κ1) is 17.6. The predicted octanol–water partition coefficient (Wildman–Crippen LogP) is 1.54. The van der Waals surface area contributed by atoms with Gasteiger partial charge in [-0.3, -0.25) is 0 Å². The molecule has 0 atom stereocenters. The van der Waals surface area contributed by atoms with Crippen LogP contribution in [0.1, 0.15) is 33.6 Å². The maximum absolute atomic E-state index is 4.94. The molecule has 96 valence electrons. The van der Waals surface area contributed by atoms with Crippen LogP contribution in [0.5, 0.6) is 0 Å². The van der Waals surface area contributed by atoms with Crippen LogP contribution in [0.3, 0.4) is 0 Å². The Kier molecular flexibility index (Phi) is 9.28. The molecule has 1 aromatic carbocycles. The van der Waals surface area contributed by atoms with E-state index >= 15 is 0 Å². The van der Waals surface area contributed by atoms with E-state index in [9.17, 15) is 0 Å². The second kappa shape index (κ2) is 9.50. The van der Waals surface area contributed by atoms with E-state index in [-0.39, 0.29) is 24.3 Å². The quantitative estimate of drug-likeness (QED) is 0.720. The van der Waals surface area contributed by atoms with Crippen LogP contribution in [-0.4, -0.2) is 19.8 Å². The molecule has 0 aliphatic carbocycles. The fraction of sp³-hybridized carbons (Fsp3) is 0.600. The van der Waals surface area contributed by atoms with Gasteiger partial charge in [0.1, 0.15) is 0 Å². The molecule has 0 aromatic heterocycles. The summed E-state index contributed by atoms with van der Waals surface area (Å²) < 4.78 is 4.94. The second-order valence-corrected chi connectivity index (χ2v) is 5.53. The summed E-state index contributed by atoms with van der Waals surface area (Å²) in [5.74, 6) is 0. The van der Waals surface area contributed by atoms with Gasteiger partial charge in [0, 0.05) is 13.2 Å². The van der Waals surface area contributed by atoms with Gasteiger partial charge in [-0.05, 0) is 12.8 Å². The van der Waals surface area contributed by atoms with E-state index in [1.807, 2.05) is 30.3 Å². The number of nitrogens with zero attached hydrogens (tertiary/aromatic N) is 1. The minimum Gasteiger partial charge on any atom is -0.684 e. The van der Waals surface area contributed by atoms with Gasteiger partial charge in [0.15, 0.2) is 0 Å².